The van der Waals surface area contributed by atoms with Gasteiger partial charge in [-0.3, -0.25) is 9.55 Å². The standard InChI is InChI=1S/C78H69BN5O.Pt/c1-76(2,3)57-43-44-67(63(48-57)54-31-17-12-18-32-54)82-72-42-26-37-62(73(72)81-75(82)64-49-58(77(4,5)6)50-65(74(64)85)78(7,8)9)55-33-25-34-56(47-55)66-51-59(45-46-80-66)79-83(68-38-21-19-35-60(68)52-27-13-10-14-28-52)70-40-23-24-41-71(70)84(79)69-39-22-20-36-61(69)53-29-15-11-16-30-53;/h10-46,48-51,85H,1-9H3;/q-1;. The second-order valence-corrected chi connectivity index (χ2v) is 25.5. The van der Waals surface area contributed by atoms with Crippen molar-refractivity contribution in [2.75, 3.05) is 9.62 Å². The number of rotatable bonds is 10. The summed E-state index contributed by atoms with van der Waals surface area (Å²) in [6, 6.07) is 90.6. The molecule has 0 amide bonds. The van der Waals surface area contributed by atoms with Gasteiger partial charge in [0.2, 0.25) is 0 Å². The second kappa shape index (κ2) is 22.8. The first-order valence-corrected chi connectivity index (χ1v) is 29.6. The van der Waals surface area contributed by atoms with E-state index in [2.05, 4.69) is 325 Å². The largest absolute Gasteiger partial charge is 0.507 e. The smallest absolute Gasteiger partial charge is 0.420 e. The number of pyridine rings is 1. The summed E-state index contributed by atoms with van der Waals surface area (Å²) in [6.07, 6.45) is 1.95. The summed E-state index contributed by atoms with van der Waals surface area (Å²) >= 11 is 0. The summed E-state index contributed by atoms with van der Waals surface area (Å²) in [6.45, 7) is 19.7. The van der Waals surface area contributed by atoms with E-state index in [9.17, 15) is 5.11 Å². The zero-order chi connectivity index (χ0) is 58.8. The Kier molecular flexibility index (Phi) is 15.2. The molecule has 86 heavy (non-hydrogen) atoms. The molecule has 6 nitrogen and oxygen atoms in total. The van der Waals surface area contributed by atoms with Gasteiger partial charge >= 0.3 is 6.98 Å². The molecule has 0 bridgehead atoms. The van der Waals surface area contributed by atoms with Crippen molar-refractivity contribution in [3.05, 3.63) is 272 Å². The number of aromatic hydroxyl groups is 1. The van der Waals surface area contributed by atoms with Crippen LogP contribution in [0.15, 0.2) is 249 Å². The molecule has 0 saturated carbocycles. The van der Waals surface area contributed by atoms with Gasteiger partial charge in [0, 0.05) is 66.6 Å². The minimum atomic E-state index is -0.357. The zero-order valence-electron chi connectivity index (χ0n) is 50.2. The Morgan fingerprint density at radius 1 is 0.407 bits per heavy atom. The van der Waals surface area contributed by atoms with Gasteiger partial charge in [-0.2, -0.15) is 0 Å². The first kappa shape index (κ1) is 57.4. The van der Waals surface area contributed by atoms with E-state index in [1.54, 1.807) is 0 Å². The maximum absolute atomic E-state index is 12.7. The number of hydrogen-bond donors (Lipinski definition) is 1. The van der Waals surface area contributed by atoms with Crippen LogP contribution in [0.25, 0.3) is 83.9 Å². The van der Waals surface area contributed by atoms with Crippen LogP contribution in [0.5, 0.6) is 5.75 Å². The third-order valence-corrected chi connectivity index (χ3v) is 16.7. The Bertz CT molecular complexity index is 4350. The molecule has 1 aliphatic rings. The van der Waals surface area contributed by atoms with Crippen LogP contribution in [0.1, 0.15) is 79.0 Å². The number of aromatic nitrogens is 3. The van der Waals surface area contributed by atoms with E-state index < -0.39 is 0 Å². The molecule has 8 heteroatoms. The first-order chi connectivity index (χ1) is 41.0. The first-order valence-electron chi connectivity index (χ1n) is 29.6. The molecule has 3 heterocycles. The number of hydrogen-bond acceptors (Lipinski definition) is 5. The van der Waals surface area contributed by atoms with Crippen LogP contribution >= 0.6 is 0 Å². The van der Waals surface area contributed by atoms with Crippen molar-refractivity contribution in [1.82, 2.24) is 14.5 Å². The van der Waals surface area contributed by atoms with Gasteiger partial charge in [-0.15, -0.1) is 29.8 Å². The number of fused-ring (bicyclic) bond motifs is 2. The number of phenols is 1. The fourth-order valence-electron chi connectivity index (χ4n) is 12.3. The van der Waals surface area contributed by atoms with Crippen molar-refractivity contribution in [3.8, 4) is 78.6 Å². The van der Waals surface area contributed by atoms with Gasteiger partial charge in [-0.1, -0.05) is 243 Å². The summed E-state index contributed by atoms with van der Waals surface area (Å²) in [5.74, 6) is 0.900. The minimum absolute atomic E-state index is 0. The third-order valence-electron chi connectivity index (χ3n) is 16.7. The fraction of sp³-hybridized carbons (Fsp3) is 0.154. The average Bonchev–Trinajstić information content (AvgIpc) is 1.92. The van der Waals surface area contributed by atoms with Crippen LogP contribution in [0.4, 0.5) is 22.7 Å². The molecular weight excluding hydrogens is 1230 g/mol. The summed E-state index contributed by atoms with van der Waals surface area (Å²) in [4.78, 5) is 15.9. The molecule has 0 radical (unpaired) electrons. The van der Waals surface area contributed by atoms with Crippen LogP contribution < -0.4 is 15.1 Å². The van der Waals surface area contributed by atoms with Crippen molar-refractivity contribution in [2.24, 2.45) is 0 Å². The van der Waals surface area contributed by atoms with Crippen molar-refractivity contribution in [1.29, 1.82) is 0 Å². The predicted molar refractivity (Wildman–Crippen MR) is 357 cm³/mol. The molecule has 13 rings (SSSR count). The summed E-state index contributed by atoms with van der Waals surface area (Å²) in [5.41, 5.74) is 21.6. The number of phenolic OH excluding ortho intramolecular Hbond substituents is 1. The van der Waals surface area contributed by atoms with Crippen LogP contribution in [0.3, 0.4) is 0 Å². The average molecular weight is 1300 g/mol. The fourth-order valence-corrected chi connectivity index (χ4v) is 12.3. The van der Waals surface area contributed by atoms with E-state index in [0.717, 1.165) is 112 Å². The van der Waals surface area contributed by atoms with Crippen LogP contribution in [-0.4, -0.2) is 26.6 Å². The second-order valence-electron chi connectivity index (χ2n) is 25.5. The molecule has 426 valence electrons. The Hall–Kier alpha value is -9.03. The Balaban J connectivity index is 0.00000724. The summed E-state index contributed by atoms with van der Waals surface area (Å²) in [7, 11) is 0. The SMILES string of the molecule is CC(C)(C)c1ccc(-n2c(-c3cc(C(C)(C)C)cc(C(C)(C)C)c3O)nc3c(-c4[c-]c(-c5cc(B6N(c7ccccc7-c7ccccc7)c7ccccc7N6c6ccccc6-c6ccccc6)ccn5)ccc4)cccc32)c(-c2ccccc2)c1.[Pt]. The molecular formula is C78H69BN5OPt-. The van der Waals surface area contributed by atoms with Crippen molar-refractivity contribution >= 4 is 46.2 Å². The van der Waals surface area contributed by atoms with Crippen LogP contribution in [0.2, 0.25) is 0 Å². The number of benzene rings is 10. The van der Waals surface area contributed by atoms with E-state index in [4.69, 9.17) is 9.97 Å². The van der Waals surface area contributed by atoms with E-state index in [0.29, 0.717) is 11.4 Å². The van der Waals surface area contributed by atoms with Gasteiger partial charge in [-0.05, 0) is 104 Å². The van der Waals surface area contributed by atoms with Crippen molar-refractivity contribution in [2.45, 2.75) is 78.6 Å². The van der Waals surface area contributed by atoms with Gasteiger partial charge in [-0.25, -0.2) is 4.98 Å². The minimum Gasteiger partial charge on any atom is -0.507 e. The molecule has 0 aliphatic carbocycles. The van der Waals surface area contributed by atoms with Gasteiger partial charge in [0.15, 0.2) is 0 Å². The number of anilines is 4. The normalized spacial score (nSPS) is 12.6. The molecule has 2 aromatic heterocycles. The van der Waals surface area contributed by atoms with Crippen molar-refractivity contribution < 1.29 is 26.2 Å². The predicted octanol–water partition coefficient (Wildman–Crippen LogP) is 19.5. The quantitative estimate of drug-likeness (QED) is 0.109. The number of para-hydroxylation sites is 5. The van der Waals surface area contributed by atoms with Crippen molar-refractivity contribution in [3.63, 3.8) is 0 Å². The third kappa shape index (κ3) is 10.6. The Morgan fingerprint density at radius 3 is 1.45 bits per heavy atom. The molecule has 0 fully saturated rings. The van der Waals surface area contributed by atoms with E-state index >= 15 is 0 Å². The molecule has 1 aliphatic heterocycles. The zero-order valence-corrected chi connectivity index (χ0v) is 52.5. The monoisotopic (exact) mass is 1300 g/mol. The van der Waals surface area contributed by atoms with Crippen LogP contribution in [-0.2, 0) is 37.3 Å². The number of imidazole rings is 1. The molecule has 0 atom stereocenters. The van der Waals surface area contributed by atoms with Gasteiger partial charge in [0.25, 0.3) is 0 Å². The molecule has 0 spiro atoms. The summed E-state index contributed by atoms with van der Waals surface area (Å²) in [5, 5.41) is 12.7. The maximum Gasteiger partial charge on any atom is 0.420 e. The summed E-state index contributed by atoms with van der Waals surface area (Å²) < 4.78 is 2.28. The van der Waals surface area contributed by atoms with Gasteiger partial charge in [0.05, 0.1) is 33.7 Å². The van der Waals surface area contributed by atoms with E-state index in [1.165, 1.54) is 5.56 Å². The maximum atomic E-state index is 12.7. The molecule has 0 saturated heterocycles. The van der Waals surface area contributed by atoms with Gasteiger partial charge in [0.1, 0.15) is 11.6 Å². The Morgan fingerprint density at radius 2 is 0.895 bits per heavy atom. The van der Waals surface area contributed by atoms with E-state index in [-0.39, 0.29) is 50.0 Å². The van der Waals surface area contributed by atoms with E-state index in [1.807, 2.05) is 6.20 Å². The molecule has 1 N–H and O–H groups in total. The molecule has 12 aromatic rings. The topological polar surface area (TPSA) is 57.4 Å². The molecule has 10 aromatic carbocycles. The Labute approximate surface area is 521 Å². The molecule has 0 unspecified atom stereocenters. The van der Waals surface area contributed by atoms with Gasteiger partial charge < -0.3 is 14.7 Å². The van der Waals surface area contributed by atoms with Crippen LogP contribution in [0, 0.1) is 6.07 Å². The number of nitrogens with zero attached hydrogens (tertiary/aromatic N) is 5.